The number of anilines is 8. The second-order valence-corrected chi connectivity index (χ2v) is 41.4. The van der Waals surface area contributed by atoms with Crippen molar-refractivity contribution in [2.75, 3.05) is 82.3 Å². The molecule has 0 fully saturated rings. The van der Waals surface area contributed by atoms with E-state index in [0.717, 1.165) is 99.7 Å². The Labute approximate surface area is 780 Å². The molecule has 0 bridgehead atoms. The summed E-state index contributed by atoms with van der Waals surface area (Å²) in [6.07, 6.45) is 7.93. The minimum atomic E-state index is -0.151. The van der Waals surface area contributed by atoms with Crippen molar-refractivity contribution in [3.8, 4) is 0 Å². The van der Waals surface area contributed by atoms with Crippen molar-refractivity contribution in [1.82, 2.24) is 0 Å². The standard InChI is InChI=1S/2C15H25N.2C14H22ClN.2C14H22FN.2C13H20FN/c2*1-11(2)9-14-8-7-13(5)15(10-14)16(6)12(3)4;1-10(2)8-12-6-7-13(9-14(12)15)16(5)11(3)4;1-10(2)8-12-6-7-14(13(15)9-12)16(5)11(3)4;1-10(2)8-12-6-7-13(9-14(12)15)16(5)11(3)4;1-10(2)8-12-6-7-14(13(15)9-12)16(5)11(3)4;1-9(2)7-11-5-6-12(8-13(11)14)15-10(3)4;1-9(2)7-11-5-6-13(12(14)8-11)15-10(3)4/h2*7-8,10-12H,9H2,1-6H3;4*6-7,9-11H,8H2,1-5H3;2*5-6,8-10,15H,7H2,1-4H3. The van der Waals surface area contributed by atoms with Crippen LogP contribution in [0.25, 0.3) is 0 Å². The van der Waals surface area contributed by atoms with E-state index in [1.165, 1.54) is 63.3 Å². The van der Waals surface area contributed by atoms with E-state index >= 15 is 0 Å². The summed E-state index contributed by atoms with van der Waals surface area (Å²) in [7, 11) is 12.4. The third kappa shape index (κ3) is 45.6. The second-order valence-electron chi connectivity index (χ2n) is 40.6. The highest BCUT2D eigenvalue weighted by atomic mass is 35.5. The van der Waals surface area contributed by atoms with Gasteiger partial charge >= 0.3 is 0 Å². The smallest absolute Gasteiger partial charge is 0.146 e. The Hall–Kier alpha value is -7.54. The number of hydrogen-bond donors (Lipinski definition) is 2. The molecule has 8 rings (SSSR count). The SMILES string of the molecule is CC(C)Cc1ccc(N(C)C(C)C)c(Cl)c1.CC(C)Cc1ccc(N(C)C(C)C)c(F)c1.CC(C)Cc1ccc(N(C)C(C)C)cc1Cl.CC(C)Cc1ccc(N(C)C(C)C)cc1F.CC(C)Cc1ccc(NC(C)C)c(F)c1.CC(C)Cc1ccc(NC(C)C)cc1F.Cc1ccc(CC(C)C)cc1N(C)C(C)C.Cc1ccc(CC(C)C)cc1N(C)C(C)C. The molecule has 0 heterocycles. The van der Waals surface area contributed by atoms with Crippen LogP contribution in [-0.2, 0) is 51.4 Å². The second kappa shape index (κ2) is 58.9. The van der Waals surface area contributed by atoms with Crippen molar-refractivity contribution in [2.24, 2.45) is 47.3 Å². The largest absolute Gasteiger partial charge is 0.383 e. The maximum absolute atomic E-state index is 13.9. The monoisotopic (exact) mass is 1780 g/mol. The molecule has 0 saturated carbocycles. The van der Waals surface area contributed by atoms with Gasteiger partial charge in [0.15, 0.2) is 0 Å². The first kappa shape index (κ1) is 116. The maximum Gasteiger partial charge on any atom is 0.146 e. The van der Waals surface area contributed by atoms with Gasteiger partial charge in [0.2, 0.25) is 0 Å². The van der Waals surface area contributed by atoms with Crippen molar-refractivity contribution >= 4 is 68.7 Å². The van der Waals surface area contributed by atoms with Crippen LogP contribution in [0.15, 0.2) is 146 Å². The number of hydrogen-bond acceptors (Lipinski definition) is 8. The zero-order valence-corrected chi connectivity index (χ0v) is 88.2. The van der Waals surface area contributed by atoms with Gasteiger partial charge in [0.1, 0.15) is 23.3 Å². The molecule has 0 aromatic heterocycles. The Morgan fingerprint density at radius 3 is 0.865 bits per heavy atom. The highest BCUT2D eigenvalue weighted by Gasteiger charge is 2.18. The van der Waals surface area contributed by atoms with E-state index in [-0.39, 0.29) is 29.3 Å². The molecule has 126 heavy (non-hydrogen) atoms. The van der Waals surface area contributed by atoms with E-state index in [1.807, 2.05) is 95.2 Å². The van der Waals surface area contributed by atoms with Gasteiger partial charge in [-0.15, -0.1) is 0 Å². The van der Waals surface area contributed by atoms with Crippen LogP contribution in [0.2, 0.25) is 10.0 Å². The first-order valence-electron chi connectivity index (χ1n) is 47.3. The Morgan fingerprint density at radius 1 is 0.246 bits per heavy atom. The predicted molar refractivity (Wildman–Crippen MR) is 558 cm³/mol. The molecule has 8 aromatic carbocycles. The topological polar surface area (TPSA) is 43.5 Å². The summed E-state index contributed by atoms with van der Waals surface area (Å²) in [6, 6.07) is 51.8. The Balaban J connectivity index is 0.000000720. The molecule has 0 amide bonds. The van der Waals surface area contributed by atoms with Crippen LogP contribution in [0.5, 0.6) is 0 Å². The molecule has 0 aliphatic heterocycles. The summed E-state index contributed by atoms with van der Waals surface area (Å²) >= 11 is 12.6. The lowest BCUT2D eigenvalue weighted by Gasteiger charge is -2.26. The molecule has 0 atom stereocenters. The molecule has 8 aromatic rings. The first-order valence-corrected chi connectivity index (χ1v) is 48.0. The van der Waals surface area contributed by atoms with E-state index < -0.39 is 0 Å². The summed E-state index contributed by atoms with van der Waals surface area (Å²) in [4.78, 5) is 13.1. The van der Waals surface area contributed by atoms with Crippen molar-refractivity contribution in [3.05, 3.63) is 235 Å². The molecule has 0 unspecified atom stereocenters. The van der Waals surface area contributed by atoms with E-state index in [4.69, 9.17) is 23.2 Å². The van der Waals surface area contributed by atoms with Gasteiger partial charge < -0.3 is 40.0 Å². The molecule has 2 N–H and O–H groups in total. The average Bonchev–Trinajstić information content (AvgIpc) is 0.861. The van der Waals surface area contributed by atoms with Crippen LogP contribution in [0.4, 0.5) is 63.1 Å². The average molecular weight is 1780 g/mol. The van der Waals surface area contributed by atoms with Crippen molar-refractivity contribution in [1.29, 1.82) is 0 Å². The number of aryl methyl sites for hydroxylation is 2. The van der Waals surface area contributed by atoms with Gasteiger partial charge in [-0.3, -0.25) is 0 Å². The highest BCUT2D eigenvalue weighted by Crippen LogP contribution is 2.32. The summed E-state index contributed by atoms with van der Waals surface area (Å²) in [5.74, 6) is 4.41. The van der Waals surface area contributed by atoms with Crippen molar-refractivity contribution in [2.45, 2.75) is 335 Å². The Bertz CT molecular complexity index is 4070. The van der Waals surface area contributed by atoms with Gasteiger partial charge in [0.05, 0.1) is 22.1 Å². The summed E-state index contributed by atoms with van der Waals surface area (Å²) in [6.45, 7) is 73.3. The number of rotatable bonds is 32. The lowest BCUT2D eigenvalue weighted by Crippen LogP contribution is -2.26. The fourth-order valence-corrected chi connectivity index (χ4v) is 14.3. The molecule has 0 aliphatic rings. The normalized spacial score (nSPS) is 11.2. The van der Waals surface area contributed by atoms with E-state index in [1.54, 1.807) is 24.3 Å². The molecular weight excluding hydrogens is 1600 g/mol. The first-order chi connectivity index (χ1) is 58.5. The van der Waals surface area contributed by atoms with E-state index in [9.17, 15) is 17.6 Å². The lowest BCUT2D eigenvalue weighted by molar-refractivity contribution is 0.573. The number of nitrogens with zero attached hydrogens (tertiary/aromatic N) is 6. The van der Waals surface area contributed by atoms with Gasteiger partial charge in [-0.25, -0.2) is 17.6 Å². The van der Waals surface area contributed by atoms with Crippen LogP contribution in [0.1, 0.15) is 277 Å². The fraction of sp³-hybridized carbons (Fsp3) is 0.571. The fourth-order valence-electron chi connectivity index (χ4n) is 13.7. The third-order valence-electron chi connectivity index (χ3n) is 21.7. The third-order valence-corrected chi connectivity index (χ3v) is 22.4. The molecule has 708 valence electrons. The van der Waals surface area contributed by atoms with Crippen LogP contribution in [0, 0.1) is 84.5 Å². The minimum absolute atomic E-state index is 0.0845. The summed E-state index contributed by atoms with van der Waals surface area (Å²) in [5.41, 5.74) is 20.1. The Kier molecular flexibility index (Phi) is 54.4. The van der Waals surface area contributed by atoms with Gasteiger partial charge in [-0.1, -0.05) is 195 Å². The molecule has 0 spiro atoms. The van der Waals surface area contributed by atoms with Gasteiger partial charge in [0.25, 0.3) is 0 Å². The van der Waals surface area contributed by atoms with E-state index in [2.05, 4.69) is 344 Å². The Morgan fingerprint density at radius 2 is 0.540 bits per heavy atom. The van der Waals surface area contributed by atoms with Crippen molar-refractivity contribution in [3.63, 3.8) is 0 Å². The van der Waals surface area contributed by atoms with Crippen LogP contribution >= 0.6 is 23.2 Å². The zero-order valence-electron chi connectivity index (χ0n) is 86.7. The van der Waals surface area contributed by atoms with Crippen LogP contribution < -0.4 is 40.0 Å². The van der Waals surface area contributed by atoms with E-state index in [0.29, 0.717) is 89.2 Å². The minimum Gasteiger partial charge on any atom is -0.383 e. The molecular formula is C112H178Cl2F4N8. The number of nitrogens with one attached hydrogen (secondary N) is 2. The quantitative estimate of drug-likeness (QED) is 0.0405. The van der Waals surface area contributed by atoms with Crippen LogP contribution in [0.3, 0.4) is 0 Å². The summed E-state index contributed by atoms with van der Waals surface area (Å²) in [5, 5.41) is 8.01. The molecule has 0 radical (unpaired) electrons. The number of benzene rings is 8. The molecule has 14 heteroatoms. The summed E-state index contributed by atoms with van der Waals surface area (Å²) < 4.78 is 54.9. The molecule has 0 aliphatic carbocycles. The van der Waals surface area contributed by atoms with Gasteiger partial charge in [0, 0.05) is 124 Å². The van der Waals surface area contributed by atoms with Gasteiger partial charge in [-0.2, -0.15) is 0 Å². The number of halogens is 6. The lowest BCUT2D eigenvalue weighted by atomic mass is 10.00. The highest BCUT2D eigenvalue weighted by molar-refractivity contribution is 6.33. The zero-order chi connectivity index (χ0) is 96.6. The molecule has 8 nitrogen and oxygen atoms in total. The maximum atomic E-state index is 13.9. The van der Waals surface area contributed by atoms with Crippen LogP contribution in [-0.4, -0.2) is 90.6 Å². The van der Waals surface area contributed by atoms with Gasteiger partial charge in [-0.05, 0) is 364 Å². The van der Waals surface area contributed by atoms with Crippen molar-refractivity contribution < 1.29 is 17.6 Å². The molecule has 0 saturated heterocycles. The predicted octanol–water partition coefficient (Wildman–Crippen LogP) is 32.3.